The number of carbonyl (C=O) groups excluding carboxylic acids is 1. The smallest absolute Gasteiger partial charge is 0.324 e. The molecule has 14 heteroatoms. The van der Waals surface area contributed by atoms with E-state index in [4.69, 9.17) is 13.9 Å². The summed E-state index contributed by atoms with van der Waals surface area (Å²) in [6, 6.07) is 5.83. The van der Waals surface area contributed by atoms with Gasteiger partial charge in [0, 0.05) is 5.56 Å². The molecule has 0 unspecified atom stereocenters. The van der Waals surface area contributed by atoms with Gasteiger partial charge in [-0.1, -0.05) is 0 Å². The summed E-state index contributed by atoms with van der Waals surface area (Å²) in [5.74, 6) is -0.835. The van der Waals surface area contributed by atoms with E-state index < -0.39 is 16.5 Å². The number of amides is 1. The second-order valence-corrected chi connectivity index (χ2v) is 10.7. The predicted octanol–water partition coefficient (Wildman–Crippen LogP) is 4.63. The highest BCUT2D eigenvalue weighted by molar-refractivity contribution is 9.11. The van der Waals surface area contributed by atoms with Crippen LogP contribution in [-0.2, 0) is 4.79 Å². The van der Waals surface area contributed by atoms with Crippen LogP contribution in [0.1, 0.15) is 5.76 Å². The maximum Gasteiger partial charge on any atom is 0.324 e. The Balaban J connectivity index is 2.28. The van der Waals surface area contributed by atoms with Crippen LogP contribution in [0.3, 0.4) is 0 Å². The number of nitrogens with zero attached hydrogens (tertiary/aromatic N) is 3. The van der Waals surface area contributed by atoms with Crippen LogP contribution in [0, 0.1) is 10.1 Å². The molecule has 202 valence electrons. The lowest BCUT2D eigenvalue weighted by Gasteiger charge is -2.21. The molecule has 0 saturated heterocycles. The number of furan rings is 1. The number of hydrogen-bond donors (Lipinski definition) is 3. The number of hydrogen-bond acceptors (Lipinski definition) is 9. The van der Waals surface area contributed by atoms with Gasteiger partial charge in [0.15, 0.2) is 29.5 Å². The van der Waals surface area contributed by atoms with Crippen LogP contribution < -0.4 is 14.9 Å². The number of phenols is 2. The van der Waals surface area contributed by atoms with Gasteiger partial charge >= 0.3 is 5.69 Å². The first-order chi connectivity index (χ1) is 17.8. The molecule has 38 heavy (non-hydrogen) atoms. The van der Waals surface area contributed by atoms with Crippen molar-refractivity contribution < 1.29 is 38.3 Å². The van der Waals surface area contributed by atoms with Crippen LogP contribution >= 0.6 is 31.9 Å². The molecule has 1 aromatic heterocycles. The highest BCUT2D eigenvalue weighted by Gasteiger charge is 2.32. The molecule has 0 aliphatic heterocycles. The number of quaternary nitrogens is 1. The number of nitro groups is 1. The maximum atomic E-state index is 12.3. The number of methoxy groups -OCH3 is 2. The molecule has 0 radical (unpaired) electrons. The van der Waals surface area contributed by atoms with Gasteiger partial charge in [-0.05, 0) is 61.7 Å². The lowest BCUT2D eigenvalue weighted by Crippen LogP contribution is -2.43. The fourth-order valence-corrected chi connectivity index (χ4v) is 4.43. The summed E-state index contributed by atoms with van der Waals surface area (Å²) in [5, 5.41) is 36.7. The summed E-state index contributed by atoms with van der Waals surface area (Å²) in [7, 11) is 8.18. The Kier molecular flexibility index (Phi) is 8.69. The highest BCUT2D eigenvalue weighted by Crippen LogP contribution is 2.49. The van der Waals surface area contributed by atoms with Crippen molar-refractivity contribution in [2.24, 2.45) is 5.10 Å². The third-order valence-electron chi connectivity index (χ3n) is 5.13. The summed E-state index contributed by atoms with van der Waals surface area (Å²) in [4.78, 5) is 23.9. The molecule has 2 aromatic carbocycles. The fraction of sp³-hybridized carbons (Fsp3) is 0.250. The minimum absolute atomic E-state index is 0.0350. The quantitative estimate of drug-likeness (QED) is 0.130. The van der Waals surface area contributed by atoms with Gasteiger partial charge in [-0.2, -0.15) is 5.10 Å². The van der Waals surface area contributed by atoms with Crippen LogP contribution in [0.25, 0.3) is 22.5 Å². The molecule has 0 bridgehead atoms. The molecule has 0 aliphatic rings. The normalized spacial score (nSPS) is 11.6. The van der Waals surface area contributed by atoms with E-state index in [0.29, 0.717) is 10.0 Å². The van der Waals surface area contributed by atoms with E-state index >= 15 is 0 Å². The zero-order valence-corrected chi connectivity index (χ0v) is 24.2. The van der Waals surface area contributed by atoms with Crippen molar-refractivity contribution in [2.75, 3.05) is 41.9 Å². The minimum atomic E-state index is -0.641. The van der Waals surface area contributed by atoms with E-state index in [1.807, 2.05) is 21.1 Å². The number of halogens is 2. The highest BCUT2D eigenvalue weighted by atomic mass is 79.9. The van der Waals surface area contributed by atoms with E-state index in [1.165, 1.54) is 38.5 Å². The first-order valence-corrected chi connectivity index (χ1v) is 12.4. The molecule has 1 heterocycles. The molecule has 3 rings (SSSR count). The number of benzene rings is 2. The second kappa shape index (κ2) is 11.4. The van der Waals surface area contributed by atoms with Crippen LogP contribution in [0.15, 0.2) is 42.7 Å². The molecular formula is C24H25Br2N4O8+. The first kappa shape index (κ1) is 28.9. The number of hydrazone groups is 1. The molecular weight excluding hydrogens is 632 g/mol. The number of likely N-dealkylation sites (N-methyl/N-ethyl adjacent to an activating group) is 1. The van der Waals surface area contributed by atoms with Crippen molar-refractivity contribution >= 4 is 49.7 Å². The van der Waals surface area contributed by atoms with Gasteiger partial charge in [0.2, 0.25) is 5.76 Å². The molecule has 3 N–H and O–H groups in total. The lowest BCUT2D eigenvalue weighted by atomic mass is 9.99. The zero-order chi connectivity index (χ0) is 28.4. The van der Waals surface area contributed by atoms with E-state index in [9.17, 15) is 25.1 Å². The van der Waals surface area contributed by atoms with Gasteiger partial charge in [-0.15, -0.1) is 0 Å². The van der Waals surface area contributed by atoms with E-state index in [0.717, 1.165) is 6.21 Å². The number of carbonyl (C=O) groups is 1. The maximum absolute atomic E-state index is 12.3. The topological polar surface area (TPSA) is 157 Å². The molecule has 0 spiro atoms. The van der Waals surface area contributed by atoms with Crippen molar-refractivity contribution in [3.05, 3.63) is 49.1 Å². The zero-order valence-electron chi connectivity index (χ0n) is 21.0. The molecule has 0 aliphatic carbocycles. The third kappa shape index (κ3) is 6.26. The Bertz CT molecular complexity index is 1430. The predicted molar refractivity (Wildman–Crippen MR) is 147 cm³/mol. The average molecular weight is 657 g/mol. The van der Waals surface area contributed by atoms with Gasteiger partial charge < -0.3 is 28.6 Å². The van der Waals surface area contributed by atoms with Crippen LogP contribution in [0.4, 0.5) is 5.69 Å². The minimum Gasteiger partial charge on any atom is -0.503 e. The Labute approximate surface area is 234 Å². The van der Waals surface area contributed by atoms with Crippen molar-refractivity contribution in [1.29, 1.82) is 0 Å². The van der Waals surface area contributed by atoms with Crippen LogP contribution in [0.5, 0.6) is 23.0 Å². The van der Waals surface area contributed by atoms with Gasteiger partial charge in [-0.3, -0.25) is 14.9 Å². The average Bonchev–Trinajstić information content (AvgIpc) is 3.21. The summed E-state index contributed by atoms with van der Waals surface area (Å²) in [6.07, 6.45) is 1.04. The van der Waals surface area contributed by atoms with Crippen molar-refractivity contribution in [3.63, 3.8) is 0 Å². The monoisotopic (exact) mass is 655 g/mol. The fourth-order valence-electron chi connectivity index (χ4n) is 3.54. The van der Waals surface area contributed by atoms with E-state index in [-0.39, 0.29) is 61.1 Å². The lowest BCUT2D eigenvalue weighted by molar-refractivity contribution is -0.862. The summed E-state index contributed by atoms with van der Waals surface area (Å²) in [6.45, 7) is 0.122. The third-order valence-corrected chi connectivity index (χ3v) is 6.34. The Morgan fingerprint density at radius 3 is 2.11 bits per heavy atom. The Morgan fingerprint density at radius 1 is 1.08 bits per heavy atom. The SMILES string of the molecule is COc1cc(-c2oc(C=NNC(=O)C[N+](C)(C)C)c([N+](=O)[O-])c2-c2cc(Br)c(O)c(OC)c2)cc(Br)c1O. The summed E-state index contributed by atoms with van der Waals surface area (Å²) < 4.78 is 17.2. The van der Waals surface area contributed by atoms with Gasteiger partial charge in [0.1, 0.15) is 11.3 Å². The van der Waals surface area contributed by atoms with Crippen molar-refractivity contribution in [3.8, 4) is 45.4 Å². The molecule has 12 nitrogen and oxygen atoms in total. The standard InChI is InChI=1S/C24H24Br2N4O8/c1-30(2,3)11-19(31)28-27-10-18-21(29(34)35)20(12-6-14(25)22(32)16(8-12)36-4)24(38-18)13-7-15(26)23(33)17(9-13)37-5/h6-10H,11H2,1-5H3,(H2-,27,28,31,32,33)/p+1. The van der Waals surface area contributed by atoms with Crippen LogP contribution in [0.2, 0.25) is 0 Å². The van der Waals surface area contributed by atoms with E-state index in [1.54, 1.807) is 0 Å². The number of aromatic hydroxyl groups is 2. The number of rotatable bonds is 9. The Hall–Kier alpha value is -3.62. The van der Waals surface area contributed by atoms with Gasteiger partial charge in [-0.25, -0.2) is 5.43 Å². The first-order valence-electron chi connectivity index (χ1n) is 10.8. The molecule has 0 fully saturated rings. The summed E-state index contributed by atoms with van der Waals surface area (Å²) >= 11 is 6.50. The molecule has 0 saturated carbocycles. The van der Waals surface area contributed by atoms with Crippen LogP contribution in [-0.4, -0.2) is 73.6 Å². The number of ether oxygens (including phenoxy) is 2. The Morgan fingerprint density at radius 2 is 1.61 bits per heavy atom. The van der Waals surface area contributed by atoms with Gasteiger partial charge in [0.05, 0.1) is 55.4 Å². The van der Waals surface area contributed by atoms with Crippen molar-refractivity contribution in [1.82, 2.24) is 5.43 Å². The second-order valence-electron chi connectivity index (χ2n) is 9.04. The largest absolute Gasteiger partial charge is 0.503 e. The molecule has 0 atom stereocenters. The van der Waals surface area contributed by atoms with E-state index in [2.05, 4.69) is 42.4 Å². The number of phenolic OH excluding ortho intramolecular Hbond substituents is 2. The molecule has 3 aromatic rings. The summed E-state index contributed by atoms with van der Waals surface area (Å²) in [5.41, 5.74) is 2.52. The van der Waals surface area contributed by atoms with Gasteiger partial charge in [0.25, 0.3) is 5.91 Å². The van der Waals surface area contributed by atoms with Crippen molar-refractivity contribution in [2.45, 2.75) is 0 Å². The molecule has 1 amide bonds. The number of nitrogens with one attached hydrogen (secondary N) is 1.